The van der Waals surface area contributed by atoms with E-state index in [2.05, 4.69) is 11.1 Å². The molecule has 2 aromatic rings. The minimum absolute atomic E-state index is 0.0371. The monoisotopic (exact) mass is 366 g/mol. The Balaban J connectivity index is 2.25. The van der Waals surface area contributed by atoms with Crippen molar-refractivity contribution in [2.75, 3.05) is 14.2 Å². The molecule has 1 unspecified atom stereocenters. The van der Waals surface area contributed by atoms with Crippen LogP contribution < -0.4 is 10.5 Å². The van der Waals surface area contributed by atoms with Crippen LogP contribution in [0.2, 0.25) is 0 Å². The van der Waals surface area contributed by atoms with E-state index in [0.717, 1.165) is 0 Å². The number of methoxy groups -OCH3 is 1. The summed E-state index contributed by atoms with van der Waals surface area (Å²) < 4.78 is 19.9. The number of likely N-dealkylation sites (N-methyl/N-ethyl adjacent to an activating group) is 1. The van der Waals surface area contributed by atoms with Gasteiger partial charge in [-0.15, -0.1) is 0 Å². The number of rotatable bonds is 3. The van der Waals surface area contributed by atoms with E-state index in [4.69, 9.17) is 10.5 Å². The maximum Gasteiger partial charge on any atom is 0.239 e. The molecule has 0 saturated heterocycles. The smallest absolute Gasteiger partial charge is 0.239 e. The maximum absolute atomic E-state index is 14.8. The van der Waals surface area contributed by atoms with E-state index in [1.54, 1.807) is 37.3 Å². The number of guanidine groups is 1. The Bertz CT molecular complexity index is 982. The van der Waals surface area contributed by atoms with Gasteiger partial charge in [0.25, 0.3) is 0 Å². The van der Waals surface area contributed by atoms with Gasteiger partial charge in [-0.25, -0.2) is 9.38 Å². The first-order valence-electron chi connectivity index (χ1n) is 8.28. The fourth-order valence-electron chi connectivity index (χ4n) is 3.36. The maximum atomic E-state index is 14.8. The third-order valence-corrected chi connectivity index (χ3v) is 4.92. The standard InChI is InChI=1S/C20H19FN4O2/c1-20(13-6-4-5-12(9-13)11-22)17(18(26)25(2)19(23)24-20)15-8-7-14(27-3)10-16(15)21/h4-10,17H,1-3H3,(H2,23,24)/t17?,20-/m1/s1. The molecule has 0 radical (unpaired) electrons. The summed E-state index contributed by atoms with van der Waals surface area (Å²) in [5, 5.41) is 9.22. The van der Waals surface area contributed by atoms with Crippen LogP contribution in [-0.4, -0.2) is 30.9 Å². The summed E-state index contributed by atoms with van der Waals surface area (Å²) in [5.74, 6) is -1.51. The molecule has 138 valence electrons. The molecule has 0 spiro atoms. The Hall–Kier alpha value is -3.40. The van der Waals surface area contributed by atoms with E-state index < -0.39 is 17.3 Å². The Morgan fingerprint density at radius 2 is 2.07 bits per heavy atom. The van der Waals surface area contributed by atoms with Crippen LogP contribution in [0, 0.1) is 17.1 Å². The van der Waals surface area contributed by atoms with Gasteiger partial charge >= 0.3 is 0 Å². The van der Waals surface area contributed by atoms with Crippen molar-refractivity contribution in [3.8, 4) is 11.8 Å². The number of benzene rings is 2. The van der Waals surface area contributed by atoms with Crippen molar-refractivity contribution in [3.05, 3.63) is 65.0 Å². The molecule has 2 N–H and O–H groups in total. The number of amides is 1. The zero-order valence-corrected chi connectivity index (χ0v) is 15.2. The lowest BCUT2D eigenvalue weighted by Crippen LogP contribution is -2.52. The van der Waals surface area contributed by atoms with E-state index in [-0.39, 0.29) is 17.4 Å². The van der Waals surface area contributed by atoms with Gasteiger partial charge in [0, 0.05) is 18.7 Å². The quantitative estimate of drug-likeness (QED) is 0.903. The van der Waals surface area contributed by atoms with Crippen LogP contribution in [0.4, 0.5) is 4.39 Å². The summed E-state index contributed by atoms with van der Waals surface area (Å²) in [5.41, 5.74) is 5.99. The van der Waals surface area contributed by atoms with E-state index in [1.165, 1.54) is 31.2 Å². The topological polar surface area (TPSA) is 91.7 Å². The molecule has 0 aliphatic carbocycles. The molecule has 1 heterocycles. The highest BCUT2D eigenvalue weighted by molar-refractivity contribution is 6.02. The molecule has 0 bridgehead atoms. The lowest BCUT2D eigenvalue weighted by atomic mass is 9.74. The van der Waals surface area contributed by atoms with Gasteiger partial charge < -0.3 is 10.5 Å². The van der Waals surface area contributed by atoms with Gasteiger partial charge in [-0.1, -0.05) is 18.2 Å². The van der Waals surface area contributed by atoms with Crippen LogP contribution in [0.25, 0.3) is 0 Å². The van der Waals surface area contributed by atoms with E-state index >= 15 is 0 Å². The number of ether oxygens (including phenoxy) is 1. The van der Waals surface area contributed by atoms with Crippen molar-refractivity contribution in [2.45, 2.75) is 18.4 Å². The second-order valence-electron chi connectivity index (χ2n) is 6.53. The van der Waals surface area contributed by atoms with Crippen LogP contribution in [0.15, 0.2) is 47.5 Å². The molecule has 0 aromatic heterocycles. The van der Waals surface area contributed by atoms with Crippen molar-refractivity contribution < 1.29 is 13.9 Å². The number of carbonyl (C=O) groups excluding carboxylic acids is 1. The fourth-order valence-corrected chi connectivity index (χ4v) is 3.36. The molecule has 1 aliphatic heterocycles. The van der Waals surface area contributed by atoms with Crippen LogP contribution in [0.3, 0.4) is 0 Å². The number of nitrogens with zero attached hydrogens (tertiary/aromatic N) is 3. The summed E-state index contributed by atoms with van der Waals surface area (Å²) in [7, 11) is 2.94. The first-order valence-corrected chi connectivity index (χ1v) is 8.28. The third kappa shape index (κ3) is 2.99. The minimum atomic E-state index is -1.17. The van der Waals surface area contributed by atoms with Gasteiger partial charge in [-0.2, -0.15) is 5.26 Å². The second kappa shape index (κ2) is 6.72. The Morgan fingerprint density at radius 3 is 2.70 bits per heavy atom. The number of aliphatic imine (C=N–C) groups is 1. The zero-order valence-electron chi connectivity index (χ0n) is 15.2. The van der Waals surface area contributed by atoms with Crippen molar-refractivity contribution in [3.63, 3.8) is 0 Å². The summed E-state index contributed by atoms with van der Waals surface area (Å²) in [6, 6.07) is 13.2. The molecule has 1 amide bonds. The number of hydrogen-bond acceptors (Lipinski definition) is 5. The summed E-state index contributed by atoms with van der Waals surface area (Å²) in [4.78, 5) is 18.8. The molecule has 7 heteroatoms. The predicted octanol–water partition coefficient (Wildman–Crippen LogP) is 2.49. The van der Waals surface area contributed by atoms with Gasteiger partial charge in [0.15, 0.2) is 5.96 Å². The molecule has 1 aliphatic rings. The number of nitriles is 1. The SMILES string of the molecule is COc1ccc(C2C(=O)N(C)C(N)=N[C@]2(C)c2cccc(C#N)c2)c(F)c1. The van der Waals surface area contributed by atoms with Gasteiger partial charge in [-0.05, 0) is 30.7 Å². The van der Waals surface area contributed by atoms with Gasteiger partial charge in [-0.3, -0.25) is 9.69 Å². The van der Waals surface area contributed by atoms with Crippen molar-refractivity contribution in [1.29, 1.82) is 5.26 Å². The number of hydrogen-bond donors (Lipinski definition) is 1. The zero-order chi connectivity index (χ0) is 19.8. The number of nitrogens with two attached hydrogens (primary N) is 1. The molecule has 0 fully saturated rings. The van der Waals surface area contributed by atoms with E-state index in [0.29, 0.717) is 16.9 Å². The molecular weight excluding hydrogens is 347 g/mol. The van der Waals surface area contributed by atoms with Crippen LogP contribution >= 0.6 is 0 Å². The third-order valence-electron chi connectivity index (χ3n) is 4.92. The molecule has 2 aromatic carbocycles. The molecule has 3 rings (SSSR count). The molecule has 0 saturated carbocycles. The fraction of sp³-hybridized carbons (Fsp3) is 0.250. The average molecular weight is 366 g/mol. The summed E-state index contributed by atoms with van der Waals surface area (Å²) in [6.45, 7) is 1.72. The average Bonchev–Trinajstić information content (AvgIpc) is 2.67. The highest BCUT2D eigenvalue weighted by Gasteiger charge is 2.48. The minimum Gasteiger partial charge on any atom is -0.497 e. The lowest BCUT2D eigenvalue weighted by Gasteiger charge is -2.41. The van der Waals surface area contributed by atoms with Crippen molar-refractivity contribution >= 4 is 11.9 Å². The van der Waals surface area contributed by atoms with Crippen molar-refractivity contribution in [2.24, 2.45) is 10.7 Å². The molecular formula is C20H19FN4O2. The second-order valence-corrected chi connectivity index (χ2v) is 6.53. The Morgan fingerprint density at radius 1 is 1.33 bits per heavy atom. The first-order chi connectivity index (χ1) is 12.8. The molecule has 27 heavy (non-hydrogen) atoms. The number of halogens is 1. The highest BCUT2D eigenvalue weighted by Crippen LogP contribution is 2.45. The van der Waals surface area contributed by atoms with Crippen LogP contribution in [0.1, 0.15) is 29.5 Å². The summed E-state index contributed by atoms with van der Waals surface area (Å²) in [6.07, 6.45) is 0. The normalized spacial score (nSPS) is 22.2. The first kappa shape index (κ1) is 18.4. The van der Waals surface area contributed by atoms with Crippen LogP contribution in [0.5, 0.6) is 5.75 Å². The summed E-state index contributed by atoms with van der Waals surface area (Å²) >= 11 is 0. The Kier molecular flexibility index (Phi) is 4.58. The largest absolute Gasteiger partial charge is 0.497 e. The Labute approximate surface area is 156 Å². The lowest BCUT2D eigenvalue weighted by molar-refractivity contribution is -0.130. The van der Waals surface area contributed by atoms with Gasteiger partial charge in [0.2, 0.25) is 5.91 Å². The molecule has 6 nitrogen and oxygen atoms in total. The van der Waals surface area contributed by atoms with Gasteiger partial charge in [0.05, 0.1) is 24.7 Å². The van der Waals surface area contributed by atoms with Crippen LogP contribution in [-0.2, 0) is 10.3 Å². The van der Waals surface area contributed by atoms with Gasteiger partial charge in [0.1, 0.15) is 17.1 Å². The van der Waals surface area contributed by atoms with E-state index in [9.17, 15) is 14.4 Å². The molecule has 2 atom stereocenters. The van der Waals surface area contributed by atoms with Crippen molar-refractivity contribution in [1.82, 2.24) is 4.90 Å². The predicted molar refractivity (Wildman–Crippen MR) is 98.6 cm³/mol. The van der Waals surface area contributed by atoms with E-state index in [1.807, 2.05) is 0 Å². The highest BCUT2D eigenvalue weighted by atomic mass is 19.1. The number of carbonyl (C=O) groups is 1.